The molecule has 0 heterocycles. The maximum atomic E-state index is 3.77. The first-order valence-electron chi connectivity index (χ1n) is 8.73. The Hall–Kier alpha value is -0.340. The minimum atomic E-state index is 0.663. The van der Waals surface area contributed by atoms with E-state index in [9.17, 15) is 0 Å². The molecular formula is C19H28BrN. The molecule has 21 heavy (non-hydrogen) atoms. The third-order valence-electron chi connectivity index (χ3n) is 5.63. The fourth-order valence-corrected chi connectivity index (χ4v) is 5.22. The summed E-state index contributed by atoms with van der Waals surface area (Å²) in [5.74, 6) is 3.73. The van der Waals surface area contributed by atoms with Crippen molar-refractivity contribution in [2.45, 2.75) is 51.4 Å². The summed E-state index contributed by atoms with van der Waals surface area (Å²) < 4.78 is 1.29. The molecule has 4 atom stereocenters. The topological polar surface area (TPSA) is 12.0 Å². The third-order valence-corrected chi connectivity index (χ3v) is 6.36. The highest BCUT2D eigenvalue weighted by atomic mass is 79.9. The van der Waals surface area contributed by atoms with Crippen LogP contribution in [0.15, 0.2) is 28.7 Å². The molecule has 0 spiro atoms. The Morgan fingerprint density at radius 3 is 2.76 bits per heavy atom. The highest BCUT2D eigenvalue weighted by Gasteiger charge is 2.40. The molecule has 0 radical (unpaired) electrons. The summed E-state index contributed by atoms with van der Waals surface area (Å²) >= 11 is 3.77. The lowest BCUT2D eigenvalue weighted by molar-refractivity contribution is 0.291. The Morgan fingerprint density at radius 2 is 2.10 bits per heavy atom. The molecule has 2 fully saturated rings. The number of benzene rings is 1. The average Bonchev–Trinajstić information content (AvgIpc) is 3.10. The van der Waals surface area contributed by atoms with E-state index in [1.54, 1.807) is 0 Å². The molecule has 1 aromatic carbocycles. The number of rotatable bonds is 7. The second-order valence-corrected chi connectivity index (χ2v) is 7.95. The maximum Gasteiger partial charge on any atom is 0.0210 e. The van der Waals surface area contributed by atoms with Gasteiger partial charge in [0.2, 0.25) is 0 Å². The zero-order valence-corrected chi connectivity index (χ0v) is 14.7. The van der Waals surface area contributed by atoms with Crippen LogP contribution in [0, 0.1) is 17.8 Å². The third kappa shape index (κ3) is 3.71. The zero-order valence-electron chi connectivity index (χ0n) is 13.2. The normalized spacial score (nSPS) is 29.0. The van der Waals surface area contributed by atoms with Crippen LogP contribution in [0.2, 0.25) is 0 Å². The van der Waals surface area contributed by atoms with Crippen molar-refractivity contribution in [3.05, 3.63) is 34.3 Å². The van der Waals surface area contributed by atoms with Gasteiger partial charge in [0.05, 0.1) is 0 Å². The van der Waals surface area contributed by atoms with Crippen LogP contribution in [0.3, 0.4) is 0 Å². The molecule has 116 valence electrons. The molecule has 0 amide bonds. The summed E-state index contributed by atoms with van der Waals surface area (Å²) in [6.07, 6.45) is 8.63. The summed E-state index contributed by atoms with van der Waals surface area (Å²) in [4.78, 5) is 0. The Bertz CT molecular complexity index is 459. The van der Waals surface area contributed by atoms with Gasteiger partial charge in [0, 0.05) is 11.0 Å². The van der Waals surface area contributed by atoms with Gasteiger partial charge in [-0.15, -0.1) is 0 Å². The van der Waals surface area contributed by atoms with E-state index >= 15 is 0 Å². The van der Waals surface area contributed by atoms with Crippen molar-refractivity contribution in [3.8, 4) is 0 Å². The quantitative estimate of drug-likeness (QED) is 0.653. The Kier molecular flexibility index (Phi) is 5.39. The Labute approximate surface area is 138 Å². The van der Waals surface area contributed by atoms with E-state index in [0.717, 1.165) is 30.8 Å². The molecule has 1 nitrogen and oxygen atoms in total. The maximum absolute atomic E-state index is 3.77. The van der Waals surface area contributed by atoms with Gasteiger partial charge in [0.1, 0.15) is 0 Å². The summed E-state index contributed by atoms with van der Waals surface area (Å²) in [7, 11) is 0. The van der Waals surface area contributed by atoms with E-state index in [1.807, 2.05) is 0 Å². The first kappa shape index (κ1) is 15.6. The molecular weight excluding hydrogens is 322 g/mol. The molecule has 2 bridgehead atoms. The number of halogens is 1. The van der Waals surface area contributed by atoms with Gasteiger partial charge in [-0.3, -0.25) is 0 Å². The van der Waals surface area contributed by atoms with Crippen LogP contribution in [-0.4, -0.2) is 13.1 Å². The van der Waals surface area contributed by atoms with Crippen LogP contribution >= 0.6 is 15.9 Å². The minimum absolute atomic E-state index is 0.663. The van der Waals surface area contributed by atoms with E-state index in [0.29, 0.717) is 5.92 Å². The van der Waals surface area contributed by atoms with Crippen molar-refractivity contribution in [3.63, 3.8) is 0 Å². The first-order valence-corrected chi connectivity index (χ1v) is 9.52. The SMILES string of the molecule is CCCNCC(CC1CC2CCC1C2)c1ccccc1Br. The molecule has 0 saturated heterocycles. The highest BCUT2D eigenvalue weighted by molar-refractivity contribution is 9.10. The van der Waals surface area contributed by atoms with Crippen molar-refractivity contribution in [2.75, 3.05) is 13.1 Å². The molecule has 2 saturated carbocycles. The predicted octanol–water partition coefficient (Wildman–Crippen LogP) is 5.36. The molecule has 3 rings (SSSR count). The van der Waals surface area contributed by atoms with Crippen LogP contribution in [0.4, 0.5) is 0 Å². The average molecular weight is 350 g/mol. The second kappa shape index (κ2) is 7.28. The number of nitrogens with one attached hydrogen (secondary N) is 1. The van der Waals surface area contributed by atoms with Gasteiger partial charge in [-0.1, -0.05) is 47.5 Å². The molecule has 2 aliphatic rings. The number of hydrogen-bond donors (Lipinski definition) is 1. The van der Waals surface area contributed by atoms with Crippen LogP contribution < -0.4 is 5.32 Å². The lowest BCUT2D eigenvalue weighted by Gasteiger charge is -2.28. The molecule has 0 aliphatic heterocycles. The lowest BCUT2D eigenvalue weighted by Crippen LogP contribution is -2.25. The largest absolute Gasteiger partial charge is 0.316 e. The van der Waals surface area contributed by atoms with Crippen LogP contribution in [0.5, 0.6) is 0 Å². The van der Waals surface area contributed by atoms with Gasteiger partial charge in [0.15, 0.2) is 0 Å². The van der Waals surface area contributed by atoms with Gasteiger partial charge < -0.3 is 5.32 Å². The highest BCUT2D eigenvalue weighted by Crippen LogP contribution is 2.51. The molecule has 2 heteroatoms. The van der Waals surface area contributed by atoms with E-state index in [-0.39, 0.29) is 0 Å². The molecule has 0 aromatic heterocycles. The van der Waals surface area contributed by atoms with Crippen molar-refractivity contribution in [1.29, 1.82) is 0 Å². The molecule has 1 aromatic rings. The van der Waals surface area contributed by atoms with Crippen molar-refractivity contribution >= 4 is 15.9 Å². The fourth-order valence-electron chi connectivity index (χ4n) is 4.61. The smallest absolute Gasteiger partial charge is 0.0210 e. The summed E-state index contributed by atoms with van der Waals surface area (Å²) in [5.41, 5.74) is 1.50. The standard InChI is InChI=1S/C19H28BrN/c1-2-9-21-13-17(18-5-3-4-6-19(18)20)12-16-11-14-7-8-15(16)10-14/h3-6,14-17,21H,2,7-13H2,1H3. The van der Waals surface area contributed by atoms with E-state index in [2.05, 4.69) is 52.4 Å². The van der Waals surface area contributed by atoms with Gasteiger partial charge in [-0.25, -0.2) is 0 Å². The first-order chi connectivity index (χ1) is 10.3. The van der Waals surface area contributed by atoms with Gasteiger partial charge in [-0.2, -0.15) is 0 Å². The van der Waals surface area contributed by atoms with Gasteiger partial charge in [-0.05, 0) is 74.0 Å². The summed E-state index contributed by atoms with van der Waals surface area (Å²) in [6, 6.07) is 8.83. The Morgan fingerprint density at radius 1 is 1.24 bits per heavy atom. The fraction of sp³-hybridized carbons (Fsp3) is 0.684. The molecule has 4 unspecified atom stereocenters. The monoisotopic (exact) mass is 349 g/mol. The molecule has 1 N–H and O–H groups in total. The minimum Gasteiger partial charge on any atom is -0.316 e. The van der Waals surface area contributed by atoms with E-state index in [1.165, 1.54) is 48.6 Å². The molecule has 2 aliphatic carbocycles. The second-order valence-electron chi connectivity index (χ2n) is 7.09. The van der Waals surface area contributed by atoms with Gasteiger partial charge in [0.25, 0.3) is 0 Å². The summed E-state index contributed by atoms with van der Waals surface area (Å²) in [5, 5.41) is 3.66. The number of fused-ring (bicyclic) bond motifs is 2. The van der Waals surface area contributed by atoms with Crippen molar-refractivity contribution < 1.29 is 0 Å². The van der Waals surface area contributed by atoms with Crippen molar-refractivity contribution in [2.24, 2.45) is 17.8 Å². The zero-order chi connectivity index (χ0) is 14.7. The van der Waals surface area contributed by atoms with Crippen LogP contribution in [0.25, 0.3) is 0 Å². The Balaban J connectivity index is 1.68. The van der Waals surface area contributed by atoms with Crippen LogP contribution in [-0.2, 0) is 0 Å². The number of hydrogen-bond acceptors (Lipinski definition) is 1. The van der Waals surface area contributed by atoms with E-state index < -0.39 is 0 Å². The van der Waals surface area contributed by atoms with E-state index in [4.69, 9.17) is 0 Å². The van der Waals surface area contributed by atoms with Crippen LogP contribution in [0.1, 0.15) is 56.9 Å². The van der Waals surface area contributed by atoms with Crippen molar-refractivity contribution in [1.82, 2.24) is 5.32 Å². The summed E-state index contributed by atoms with van der Waals surface area (Å²) in [6.45, 7) is 4.51. The lowest BCUT2D eigenvalue weighted by atomic mass is 9.80. The van der Waals surface area contributed by atoms with Gasteiger partial charge >= 0.3 is 0 Å². The predicted molar refractivity (Wildman–Crippen MR) is 93.6 cm³/mol.